The van der Waals surface area contributed by atoms with E-state index in [1.165, 1.54) is 0 Å². The van der Waals surface area contributed by atoms with Gasteiger partial charge >= 0.3 is 0 Å². The van der Waals surface area contributed by atoms with Gasteiger partial charge in [-0.3, -0.25) is 4.79 Å². The molecule has 2 aromatic rings. The van der Waals surface area contributed by atoms with Crippen LogP contribution in [0.5, 0.6) is 0 Å². The number of aromatic nitrogens is 1. The van der Waals surface area contributed by atoms with Gasteiger partial charge in [0, 0.05) is 11.8 Å². The number of hydrogen-bond donors (Lipinski definition) is 2. The lowest BCUT2D eigenvalue weighted by Crippen LogP contribution is -2.41. The summed E-state index contributed by atoms with van der Waals surface area (Å²) in [5.41, 5.74) is 3.18. The molecule has 1 amide bonds. The lowest BCUT2D eigenvalue weighted by molar-refractivity contribution is -0.120. The number of carbonyl (C=O) groups excluding carboxylic acids is 1. The van der Waals surface area contributed by atoms with Crippen molar-refractivity contribution in [3.05, 3.63) is 53.9 Å². The number of hydrogen-bond acceptors (Lipinski definition) is 4. The predicted molar refractivity (Wildman–Crippen MR) is 92.6 cm³/mol. The summed E-state index contributed by atoms with van der Waals surface area (Å²) in [6.45, 7) is -0.215. The number of rotatable bonds is 6. The standard InChI is InChI=1S/C17H15Cl2N3O2/c18-16(19)17(24)22-15(10-23)7-11-1-3-12(4-2-11)13-5-6-14(8-20)21-9-13/h1-6,9,15-16,23H,7,10H2,(H,22,24)/t15-/m0/s1. The highest BCUT2D eigenvalue weighted by Crippen LogP contribution is 2.19. The van der Waals surface area contributed by atoms with Crippen molar-refractivity contribution in [2.45, 2.75) is 17.3 Å². The van der Waals surface area contributed by atoms with E-state index in [1.807, 2.05) is 36.4 Å². The lowest BCUT2D eigenvalue weighted by Gasteiger charge is -2.17. The fraction of sp³-hybridized carbons (Fsp3) is 0.235. The molecule has 0 radical (unpaired) electrons. The minimum atomic E-state index is -1.16. The quantitative estimate of drug-likeness (QED) is 0.771. The minimum absolute atomic E-state index is 0.215. The summed E-state index contributed by atoms with van der Waals surface area (Å²) in [5, 5.41) is 20.7. The van der Waals surface area contributed by atoms with Crippen LogP contribution >= 0.6 is 23.2 Å². The molecule has 0 saturated carbocycles. The van der Waals surface area contributed by atoms with Gasteiger partial charge in [0.25, 0.3) is 5.91 Å². The largest absolute Gasteiger partial charge is 0.394 e. The van der Waals surface area contributed by atoms with E-state index in [2.05, 4.69) is 10.3 Å². The zero-order chi connectivity index (χ0) is 17.5. The Morgan fingerprint density at radius 1 is 1.21 bits per heavy atom. The second-order valence-corrected chi connectivity index (χ2v) is 6.23. The first-order chi connectivity index (χ1) is 11.5. The summed E-state index contributed by atoms with van der Waals surface area (Å²) in [6.07, 6.45) is 2.10. The summed E-state index contributed by atoms with van der Waals surface area (Å²) in [6, 6.07) is 12.7. The maximum absolute atomic E-state index is 11.5. The third kappa shape index (κ3) is 4.93. The number of alkyl halides is 2. The number of amides is 1. The smallest absolute Gasteiger partial charge is 0.253 e. The highest BCUT2D eigenvalue weighted by Gasteiger charge is 2.17. The zero-order valence-corrected chi connectivity index (χ0v) is 14.1. The maximum atomic E-state index is 11.5. The molecule has 124 valence electrons. The van der Waals surface area contributed by atoms with Crippen LogP contribution in [-0.2, 0) is 11.2 Å². The van der Waals surface area contributed by atoms with Gasteiger partial charge in [0.1, 0.15) is 11.8 Å². The van der Waals surface area contributed by atoms with Crippen molar-refractivity contribution in [1.82, 2.24) is 10.3 Å². The van der Waals surface area contributed by atoms with Gasteiger partial charge in [-0.05, 0) is 29.7 Å². The van der Waals surface area contributed by atoms with E-state index in [0.29, 0.717) is 12.1 Å². The Balaban J connectivity index is 2.05. The average molecular weight is 364 g/mol. The number of halogens is 2. The van der Waals surface area contributed by atoms with Crippen LogP contribution in [-0.4, -0.2) is 33.5 Å². The van der Waals surface area contributed by atoms with Gasteiger partial charge in [-0.2, -0.15) is 5.26 Å². The molecule has 2 rings (SSSR count). The number of carbonyl (C=O) groups is 1. The van der Waals surface area contributed by atoms with E-state index in [1.54, 1.807) is 12.3 Å². The molecule has 1 atom stereocenters. The van der Waals surface area contributed by atoms with Crippen LogP contribution in [0, 0.1) is 11.3 Å². The summed E-state index contributed by atoms with van der Waals surface area (Å²) in [7, 11) is 0. The van der Waals surface area contributed by atoms with Crippen LogP contribution < -0.4 is 5.32 Å². The molecule has 1 heterocycles. The molecule has 1 aromatic heterocycles. The SMILES string of the molecule is N#Cc1ccc(-c2ccc(C[C@@H](CO)NC(=O)C(Cl)Cl)cc2)cn1. The molecule has 2 N–H and O–H groups in total. The van der Waals surface area contributed by atoms with Crippen LogP contribution in [0.15, 0.2) is 42.6 Å². The van der Waals surface area contributed by atoms with Gasteiger partial charge in [0.2, 0.25) is 0 Å². The van der Waals surface area contributed by atoms with Crippen molar-refractivity contribution >= 4 is 29.1 Å². The third-order valence-electron chi connectivity index (χ3n) is 3.41. The van der Waals surface area contributed by atoms with E-state index in [4.69, 9.17) is 28.5 Å². The Labute approximate surface area is 149 Å². The van der Waals surface area contributed by atoms with Crippen LogP contribution in [0.4, 0.5) is 0 Å². The summed E-state index contributed by atoms with van der Waals surface area (Å²) in [4.78, 5) is 14.4. The Morgan fingerprint density at radius 3 is 2.38 bits per heavy atom. The molecule has 0 unspecified atom stereocenters. The summed E-state index contributed by atoms with van der Waals surface area (Å²) < 4.78 is 0. The van der Waals surface area contributed by atoms with Crippen molar-refractivity contribution in [1.29, 1.82) is 5.26 Å². The predicted octanol–water partition coefficient (Wildman–Crippen LogP) is 2.44. The molecule has 7 heteroatoms. The Bertz CT molecular complexity index is 725. The highest BCUT2D eigenvalue weighted by molar-refractivity contribution is 6.53. The fourth-order valence-corrected chi connectivity index (χ4v) is 2.30. The van der Waals surface area contributed by atoms with Crippen molar-refractivity contribution in [2.24, 2.45) is 0 Å². The van der Waals surface area contributed by atoms with Gasteiger partial charge < -0.3 is 10.4 Å². The number of nitriles is 1. The van der Waals surface area contributed by atoms with Gasteiger partial charge in [0.05, 0.1) is 12.6 Å². The lowest BCUT2D eigenvalue weighted by atomic mass is 10.0. The first kappa shape index (κ1) is 18.2. The normalized spacial score (nSPS) is 11.8. The molecule has 0 saturated heterocycles. The molecule has 0 aliphatic rings. The fourth-order valence-electron chi connectivity index (χ4n) is 2.17. The number of nitrogens with one attached hydrogen (secondary N) is 1. The van der Waals surface area contributed by atoms with E-state index < -0.39 is 16.8 Å². The summed E-state index contributed by atoms with van der Waals surface area (Å²) >= 11 is 11.0. The molecule has 0 aliphatic heterocycles. The molecule has 24 heavy (non-hydrogen) atoms. The third-order valence-corrected chi connectivity index (χ3v) is 3.81. The van der Waals surface area contributed by atoms with E-state index >= 15 is 0 Å². The van der Waals surface area contributed by atoms with Crippen LogP contribution in [0.2, 0.25) is 0 Å². The van der Waals surface area contributed by atoms with Crippen LogP contribution in [0.25, 0.3) is 11.1 Å². The molecule has 1 aromatic carbocycles. The van der Waals surface area contributed by atoms with Gasteiger partial charge in [-0.1, -0.05) is 47.5 Å². The Morgan fingerprint density at radius 2 is 1.88 bits per heavy atom. The zero-order valence-electron chi connectivity index (χ0n) is 12.6. The second-order valence-electron chi connectivity index (χ2n) is 5.13. The molecular formula is C17H15Cl2N3O2. The van der Waals surface area contributed by atoms with Crippen molar-refractivity contribution < 1.29 is 9.90 Å². The molecule has 0 aliphatic carbocycles. The topological polar surface area (TPSA) is 86.0 Å². The Kier molecular flexibility index (Phi) is 6.56. The van der Waals surface area contributed by atoms with E-state index in [9.17, 15) is 9.90 Å². The number of pyridine rings is 1. The number of benzene rings is 1. The average Bonchev–Trinajstić information content (AvgIpc) is 2.61. The van der Waals surface area contributed by atoms with E-state index in [0.717, 1.165) is 16.7 Å². The second kappa shape index (κ2) is 8.65. The van der Waals surface area contributed by atoms with Gasteiger partial charge in [-0.25, -0.2) is 4.98 Å². The number of aliphatic hydroxyl groups is 1. The first-order valence-electron chi connectivity index (χ1n) is 7.18. The van der Waals surface area contributed by atoms with Crippen molar-refractivity contribution in [2.75, 3.05) is 6.61 Å². The highest BCUT2D eigenvalue weighted by atomic mass is 35.5. The molecule has 0 fully saturated rings. The molecule has 5 nitrogen and oxygen atoms in total. The first-order valence-corrected chi connectivity index (χ1v) is 8.05. The number of aliphatic hydroxyl groups excluding tert-OH is 1. The monoisotopic (exact) mass is 363 g/mol. The Hall–Kier alpha value is -2.13. The van der Waals surface area contributed by atoms with E-state index in [-0.39, 0.29) is 6.61 Å². The van der Waals surface area contributed by atoms with Gasteiger partial charge in [-0.15, -0.1) is 0 Å². The molecular weight excluding hydrogens is 349 g/mol. The van der Waals surface area contributed by atoms with Crippen molar-refractivity contribution in [3.8, 4) is 17.2 Å². The summed E-state index contributed by atoms with van der Waals surface area (Å²) in [5.74, 6) is -0.530. The van der Waals surface area contributed by atoms with Crippen LogP contribution in [0.3, 0.4) is 0 Å². The molecule has 0 spiro atoms. The van der Waals surface area contributed by atoms with Crippen molar-refractivity contribution in [3.63, 3.8) is 0 Å². The molecule has 0 bridgehead atoms. The van der Waals surface area contributed by atoms with Gasteiger partial charge in [0.15, 0.2) is 4.84 Å². The maximum Gasteiger partial charge on any atom is 0.253 e. The minimum Gasteiger partial charge on any atom is -0.394 e. The number of nitrogens with zero attached hydrogens (tertiary/aromatic N) is 2. The van der Waals surface area contributed by atoms with Crippen LogP contribution in [0.1, 0.15) is 11.3 Å².